The predicted octanol–water partition coefficient (Wildman–Crippen LogP) is 2.90. The van der Waals surface area contributed by atoms with Gasteiger partial charge in [0.05, 0.1) is 12.1 Å². The van der Waals surface area contributed by atoms with Crippen molar-refractivity contribution in [3.63, 3.8) is 0 Å². The molecule has 0 unspecified atom stereocenters. The summed E-state index contributed by atoms with van der Waals surface area (Å²) >= 11 is 0. The molecule has 0 aliphatic carbocycles. The minimum absolute atomic E-state index is 0.126. The van der Waals surface area contributed by atoms with E-state index in [1.807, 2.05) is 0 Å². The topological polar surface area (TPSA) is 105 Å². The van der Waals surface area contributed by atoms with Crippen molar-refractivity contribution in [3.8, 4) is 5.88 Å². The number of ether oxygens (including phenoxy) is 1. The van der Waals surface area contributed by atoms with Gasteiger partial charge in [-0.05, 0) is 45.4 Å². The SMILES string of the molecule is Cc1cc2c(c(NC(=O)C(C)(C)O)n1)CN(Cc1cnc(OCC(F)(F)F)c(C)c1)C2=O. The maximum atomic E-state index is 12.9. The Balaban J connectivity index is 1.78. The van der Waals surface area contributed by atoms with Crippen LogP contribution in [0.5, 0.6) is 5.88 Å². The van der Waals surface area contributed by atoms with Crippen LogP contribution in [0.15, 0.2) is 18.3 Å². The van der Waals surface area contributed by atoms with Gasteiger partial charge in [0, 0.05) is 29.6 Å². The number of amides is 2. The molecule has 0 radical (unpaired) electrons. The Bertz CT molecular complexity index is 1060. The monoisotopic (exact) mass is 452 g/mol. The molecule has 2 aromatic rings. The van der Waals surface area contributed by atoms with Gasteiger partial charge in [-0.15, -0.1) is 0 Å². The normalized spacial score (nSPS) is 13.9. The lowest BCUT2D eigenvalue weighted by Gasteiger charge is -2.18. The van der Waals surface area contributed by atoms with E-state index in [0.29, 0.717) is 27.9 Å². The number of pyridine rings is 2. The Morgan fingerprint density at radius 2 is 1.97 bits per heavy atom. The number of halogens is 3. The number of aromatic nitrogens is 2. The van der Waals surface area contributed by atoms with Crippen molar-refractivity contribution in [2.75, 3.05) is 11.9 Å². The van der Waals surface area contributed by atoms with Crippen LogP contribution in [0.3, 0.4) is 0 Å². The first-order valence-electron chi connectivity index (χ1n) is 9.73. The molecule has 0 saturated carbocycles. The number of rotatable bonds is 6. The molecule has 0 aromatic carbocycles. The van der Waals surface area contributed by atoms with E-state index in [1.54, 1.807) is 26.0 Å². The van der Waals surface area contributed by atoms with Gasteiger partial charge in [-0.1, -0.05) is 0 Å². The minimum atomic E-state index is -4.47. The van der Waals surface area contributed by atoms with Gasteiger partial charge >= 0.3 is 6.18 Å². The molecule has 3 rings (SSSR count). The lowest BCUT2D eigenvalue weighted by molar-refractivity contribution is -0.154. The summed E-state index contributed by atoms with van der Waals surface area (Å²) in [7, 11) is 0. The molecule has 0 spiro atoms. The zero-order chi connectivity index (χ0) is 23.8. The third-order valence-electron chi connectivity index (χ3n) is 4.74. The largest absolute Gasteiger partial charge is 0.468 e. The number of aryl methyl sites for hydroxylation is 2. The minimum Gasteiger partial charge on any atom is -0.468 e. The van der Waals surface area contributed by atoms with E-state index in [1.165, 1.54) is 24.9 Å². The van der Waals surface area contributed by atoms with Crippen LogP contribution >= 0.6 is 0 Å². The molecular formula is C21H23F3N4O4. The molecule has 1 aliphatic heterocycles. The fraction of sp³-hybridized carbons (Fsp3) is 0.429. The Hall–Kier alpha value is -3.21. The second-order valence-electron chi connectivity index (χ2n) is 8.18. The number of hydrogen-bond acceptors (Lipinski definition) is 6. The lowest BCUT2D eigenvalue weighted by Crippen LogP contribution is -2.37. The molecule has 11 heteroatoms. The maximum absolute atomic E-state index is 12.9. The van der Waals surface area contributed by atoms with E-state index in [2.05, 4.69) is 15.3 Å². The Morgan fingerprint density at radius 1 is 1.28 bits per heavy atom. The van der Waals surface area contributed by atoms with Crippen LogP contribution in [0.2, 0.25) is 0 Å². The van der Waals surface area contributed by atoms with Crippen LogP contribution in [0, 0.1) is 13.8 Å². The highest BCUT2D eigenvalue weighted by atomic mass is 19.4. The van der Waals surface area contributed by atoms with Gasteiger partial charge < -0.3 is 20.1 Å². The third-order valence-corrected chi connectivity index (χ3v) is 4.74. The molecule has 32 heavy (non-hydrogen) atoms. The van der Waals surface area contributed by atoms with Crippen LogP contribution in [0.1, 0.15) is 46.6 Å². The van der Waals surface area contributed by atoms with Crippen LogP contribution in [-0.2, 0) is 17.9 Å². The van der Waals surface area contributed by atoms with E-state index in [0.717, 1.165) is 0 Å². The molecule has 2 amide bonds. The fourth-order valence-electron chi connectivity index (χ4n) is 3.20. The lowest BCUT2D eigenvalue weighted by atomic mass is 10.1. The number of aliphatic hydroxyl groups is 1. The quantitative estimate of drug-likeness (QED) is 0.699. The second kappa shape index (κ2) is 8.38. The molecule has 0 fully saturated rings. The molecule has 2 N–H and O–H groups in total. The van der Waals surface area contributed by atoms with E-state index in [-0.39, 0.29) is 30.7 Å². The highest BCUT2D eigenvalue weighted by Crippen LogP contribution is 2.31. The predicted molar refractivity (Wildman–Crippen MR) is 108 cm³/mol. The fourth-order valence-corrected chi connectivity index (χ4v) is 3.20. The number of alkyl halides is 3. The third kappa shape index (κ3) is 5.34. The first kappa shape index (κ1) is 23.5. The molecule has 3 heterocycles. The van der Waals surface area contributed by atoms with Gasteiger partial charge in [-0.2, -0.15) is 13.2 Å². The summed E-state index contributed by atoms with van der Waals surface area (Å²) in [5, 5.41) is 12.5. The summed E-state index contributed by atoms with van der Waals surface area (Å²) in [5.74, 6) is -0.857. The average molecular weight is 452 g/mol. The smallest absolute Gasteiger partial charge is 0.422 e. The molecule has 1 aliphatic rings. The van der Waals surface area contributed by atoms with Crippen molar-refractivity contribution in [3.05, 3.63) is 46.3 Å². The Kier molecular flexibility index (Phi) is 6.14. The van der Waals surface area contributed by atoms with Crippen LogP contribution in [-0.4, -0.2) is 50.2 Å². The first-order valence-corrected chi connectivity index (χ1v) is 9.73. The number of carbonyl (C=O) groups is 2. The van der Waals surface area contributed by atoms with Gasteiger partial charge in [-0.25, -0.2) is 9.97 Å². The first-order chi connectivity index (χ1) is 14.7. The number of nitrogens with zero attached hydrogens (tertiary/aromatic N) is 3. The number of anilines is 1. The summed E-state index contributed by atoms with van der Waals surface area (Å²) in [6, 6.07) is 3.23. The van der Waals surface area contributed by atoms with Gasteiger partial charge in [0.2, 0.25) is 5.88 Å². The molecule has 0 saturated heterocycles. The standard InChI is InChI=1S/C21H23F3N4O4/c1-11-5-13(7-25-17(11)32-10-21(22,23)24)8-28-9-15-14(18(28)29)6-12(2)26-16(15)27-19(30)20(3,4)31/h5-7,31H,8-10H2,1-4H3,(H,26,27,30). The molecule has 8 nitrogen and oxygen atoms in total. The number of hydrogen-bond donors (Lipinski definition) is 2. The van der Waals surface area contributed by atoms with Crippen molar-refractivity contribution >= 4 is 17.6 Å². The van der Waals surface area contributed by atoms with Gasteiger partial charge in [-0.3, -0.25) is 9.59 Å². The summed E-state index contributed by atoms with van der Waals surface area (Å²) in [6.07, 6.45) is -3.11. The van der Waals surface area contributed by atoms with Crippen LogP contribution < -0.4 is 10.1 Å². The van der Waals surface area contributed by atoms with E-state index in [4.69, 9.17) is 4.74 Å². The highest BCUT2D eigenvalue weighted by molar-refractivity contribution is 6.02. The van der Waals surface area contributed by atoms with Gasteiger partial charge in [0.25, 0.3) is 11.8 Å². The van der Waals surface area contributed by atoms with Crippen molar-refractivity contribution in [1.29, 1.82) is 0 Å². The van der Waals surface area contributed by atoms with Crippen molar-refractivity contribution < 1.29 is 32.6 Å². The summed E-state index contributed by atoms with van der Waals surface area (Å²) in [4.78, 5) is 34.9. The summed E-state index contributed by atoms with van der Waals surface area (Å²) < 4.78 is 41.8. The second-order valence-corrected chi connectivity index (χ2v) is 8.18. The molecular weight excluding hydrogens is 429 g/mol. The van der Waals surface area contributed by atoms with Crippen molar-refractivity contribution in [2.24, 2.45) is 0 Å². The van der Waals surface area contributed by atoms with E-state index < -0.39 is 24.3 Å². The Morgan fingerprint density at radius 3 is 2.56 bits per heavy atom. The molecule has 172 valence electrons. The van der Waals surface area contributed by atoms with E-state index >= 15 is 0 Å². The van der Waals surface area contributed by atoms with Crippen molar-refractivity contribution in [1.82, 2.24) is 14.9 Å². The molecule has 0 bridgehead atoms. The summed E-state index contributed by atoms with van der Waals surface area (Å²) in [6.45, 7) is 4.81. The van der Waals surface area contributed by atoms with Crippen LogP contribution in [0.25, 0.3) is 0 Å². The van der Waals surface area contributed by atoms with Crippen molar-refractivity contribution in [2.45, 2.75) is 52.6 Å². The highest BCUT2D eigenvalue weighted by Gasteiger charge is 2.33. The van der Waals surface area contributed by atoms with Gasteiger partial charge in [0.1, 0.15) is 11.4 Å². The summed E-state index contributed by atoms with van der Waals surface area (Å²) in [5.41, 5.74) is 0.820. The van der Waals surface area contributed by atoms with Gasteiger partial charge in [0.15, 0.2) is 6.61 Å². The number of nitrogens with one attached hydrogen (secondary N) is 1. The zero-order valence-corrected chi connectivity index (χ0v) is 18.0. The zero-order valence-electron chi connectivity index (χ0n) is 18.0. The number of carbonyl (C=O) groups excluding carboxylic acids is 2. The van der Waals surface area contributed by atoms with Crippen LogP contribution in [0.4, 0.5) is 19.0 Å². The average Bonchev–Trinajstić information content (AvgIpc) is 2.95. The molecule has 2 aromatic heterocycles. The Labute approximate surface area is 182 Å². The van der Waals surface area contributed by atoms with E-state index in [9.17, 15) is 27.9 Å². The maximum Gasteiger partial charge on any atom is 0.422 e. The number of fused-ring (bicyclic) bond motifs is 1. The molecule has 0 atom stereocenters.